The van der Waals surface area contributed by atoms with Crippen LogP contribution in [0.25, 0.3) is 0 Å². The smallest absolute Gasteiger partial charge is 0.0778 e. The summed E-state index contributed by atoms with van der Waals surface area (Å²) >= 11 is 0. The fraction of sp³-hybridized carbons (Fsp3) is 0.800. The Bertz CT molecular complexity index is 419. The molecule has 1 aromatic rings. The highest BCUT2D eigenvalue weighted by atomic mass is 16.3. The third-order valence-electron chi connectivity index (χ3n) is 4.77. The van der Waals surface area contributed by atoms with E-state index in [9.17, 15) is 5.11 Å². The second-order valence-electron chi connectivity index (χ2n) is 6.03. The molecule has 1 aliphatic carbocycles. The van der Waals surface area contributed by atoms with Crippen LogP contribution >= 0.6 is 0 Å². The summed E-state index contributed by atoms with van der Waals surface area (Å²) in [5, 5.41) is 15.2. The minimum atomic E-state index is -0.315. The Labute approximate surface area is 116 Å². The Hall–Kier alpha value is -0.870. The van der Waals surface area contributed by atoms with Crippen molar-refractivity contribution >= 4 is 0 Å². The molecule has 0 saturated heterocycles. The van der Waals surface area contributed by atoms with E-state index in [1.54, 1.807) is 0 Å². The van der Waals surface area contributed by atoms with Crippen LogP contribution in [0.2, 0.25) is 0 Å². The van der Waals surface area contributed by atoms with Crippen LogP contribution in [-0.2, 0) is 19.9 Å². The lowest BCUT2D eigenvalue weighted by molar-refractivity contribution is -0.00348. The minimum absolute atomic E-state index is 0.0450. The normalized spacial score (nSPS) is 20.1. The van der Waals surface area contributed by atoms with Gasteiger partial charge < -0.3 is 10.0 Å². The fourth-order valence-corrected chi connectivity index (χ4v) is 3.39. The van der Waals surface area contributed by atoms with Gasteiger partial charge in [0.15, 0.2) is 0 Å². The standard InChI is InChI=1S/C15H27N3O/c1-5-12-10-13(18(4)16-12)11-14(19)15(17(2)3)8-6-7-9-15/h10,14,19H,5-9,11H2,1-4H3. The maximum atomic E-state index is 10.7. The van der Waals surface area contributed by atoms with Gasteiger partial charge in [-0.25, -0.2) is 0 Å². The topological polar surface area (TPSA) is 41.3 Å². The molecule has 1 saturated carbocycles. The predicted octanol–water partition coefficient (Wildman–Crippen LogP) is 1.76. The van der Waals surface area contributed by atoms with Crippen molar-refractivity contribution in [3.63, 3.8) is 0 Å². The number of hydrogen-bond donors (Lipinski definition) is 1. The van der Waals surface area contributed by atoms with Crippen LogP contribution in [0.15, 0.2) is 6.07 Å². The van der Waals surface area contributed by atoms with Crippen LogP contribution in [0, 0.1) is 0 Å². The Morgan fingerprint density at radius 1 is 1.42 bits per heavy atom. The lowest BCUT2D eigenvalue weighted by atomic mass is 9.86. The van der Waals surface area contributed by atoms with Crippen LogP contribution in [0.4, 0.5) is 0 Å². The molecular weight excluding hydrogens is 238 g/mol. The van der Waals surface area contributed by atoms with Gasteiger partial charge in [0.2, 0.25) is 0 Å². The summed E-state index contributed by atoms with van der Waals surface area (Å²) in [4.78, 5) is 2.22. The molecule has 0 aliphatic heterocycles. The number of likely N-dealkylation sites (N-methyl/N-ethyl adjacent to an activating group) is 1. The molecule has 1 heterocycles. The van der Waals surface area contributed by atoms with Gasteiger partial charge >= 0.3 is 0 Å². The molecule has 1 atom stereocenters. The van der Waals surface area contributed by atoms with Gasteiger partial charge in [-0.15, -0.1) is 0 Å². The van der Waals surface area contributed by atoms with Crippen LogP contribution in [0.3, 0.4) is 0 Å². The molecule has 19 heavy (non-hydrogen) atoms. The first-order valence-corrected chi connectivity index (χ1v) is 7.37. The summed E-state index contributed by atoms with van der Waals surface area (Å²) in [5.41, 5.74) is 2.20. The zero-order valence-electron chi connectivity index (χ0n) is 12.7. The van der Waals surface area contributed by atoms with E-state index in [1.165, 1.54) is 12.8 Å². The largest absolute Gasteiger partial charge is 0.391 e. The van der Waals surface area contributed by atoms with E-state index in [0.717, 1.165) is 30.7 Å². The first-order valence-electron chi connectivity index (χ1n) is 7.37. The molecule has 1 aromatic heterocycles. The van der Waals surface area contributed by atoms with Crippen molar-refractivity contribution in [3.8, 4) is 0 Å². The third-order valence-corrected chi connectivity index (χ3v) is 4.77. The summed E-state index contributed by atoms with van der Waals surface area (Å²) in [6, 6.07) is 2.13. The van der Waals surface area contributed by atoms with Gasteiger partial charge in [0.25, 0.3) is 0 Å². The monoisotopic (exact) mass is 265 g/mol. The molecule has 1 N–H and O–H groups in total. The highest BCUT2D eigenvalue weighted by molar-refractivity contribution is 5.13. The summed E-state index contributed by atoms with van der Waals surface area (Å²) in [5.74, 6) is 0. The van der Waals surface area contributed by atoms with E-state index in [4.69, 9.17) is 0 Å². The quantitative estimate of drug-likeness (QED) is 0.882. The molecule has 0 amide bonds. The zero-order valence-corrected chi connectivity index (χ0v) is 12.7. The molecule has 1 aliphatic rings. The van der Waals surface area contributed by atoms with Crippen LogP contribution in [0.5, 0.6) is 0 Å². The van der Waals surface area contributed by atoms with E-state index in [2.05, 4.69) is 37.1 Å². The van der Waals surface area contributed by atoms with Gasteiger partial charge in [0.05, 0.1) is 11.8 Å². The van der Waals surface area contributed by atoms with Crippen molar-refractivity contribution in [2.45, 2.75) is 57.1 Å². The van der Waals surface area contributed by atoms with Gasteiger partial charge in [0.1, 0.15) is 0 Å². The van der Waals surface area contributed by atoms with Crippen molar-refractivity contribution in [2.24, 2.45) is 7.05 Å². The van der Waals surface area contributed by atoms with Crippen LogP contribution in [0.1, 0.15) is 44.0 Å². The molecule has 0 spiro atoms. The molecule has 1 fully saturated rings. The van der Waals surface area contributed by atoms with Crippen molar-refractivity contribution in [1.29, 1.82) is 0 Å². The maximum Gasteiger partial charge on any atom is 0.0778 e. The summed E-state index contributed by atoms with van der Waals surface area (Å²) in [6.45, 7) is 2.11. The lowest BCUT2D eigenvalue weighted by Crippen LogP contribution is -2.52. The molecule has 1 unspecified atom stereocenters. The van der Waals surface area contributed by atoms with Crippen LogP contribution in [-0.4, -0.2) is 45.5 Å². The number of aromatic nitrogens is 2. The van der Waals surface area contributed by atoms with Gasteiger partial charge in [-0.2, -0.15) is 5.10 Å². The van der Waals surface area contributed by atoms with Gasteiger partial charge in [0, 0.05) is 24.7 Å². The SMILES string of the molecule is CCc1cc(CC(O)C2(N(C)C)CCCC2)n(C)n1. The van der Waals surface area contributed by atoms with Gasteiger partial charge in [-0.1, -0.05) is 19.8 Å². The van der Waals surface area contributed by atoms with E-state index < -0.39 is 0 Å². The second-order valence-corrected chi connectivity index (χ2v) is 6.03. The molecule has 4 nitrogen and oxygen atoms in total. The van der Waals surface area contributed by atoms with Crippen molar-refractivity contribution in [3.05, 3.63) is 17.5 Å². The molecule has 0 bridgehead atoms. The summed E-state index contributed by atoms with van der Waals surface area (Å²) < 4.78 is 1.92. The first-order chi connectivity index (χ1) is 8.99. The summed E-state index contributed by atoms with van der Waals surface area (Å²) in [7, 11) is 6.16. The number of aryl methyl sites for hydroxylation is 2. The van der Waals surface area contributed by atoms with Crippen molar-refractivity contribution < 1.29 is 5.11 Å². The number of nitrogens with zero attached hydrogens (tertiary/aromatic N) is 3. The van der Waals surface area contributed by atoms with E-state index in [-0.39, 0.29) is 11.6 Å². The highest BCUT2D eigenvalue weighted by Crippen LogP contribution is 2.37. The average Bonchev–Trinajstić information content (AvgIpc) is 2.97. The molecule has 0 radical (unpaired) electrons. The van der Waals surface area contributed by atoms with E-state index in [0.29, 0.717) is 6.42 Å². The van der Waals surface area contributed by atoms with Gasteiger partial charge in [-0.3, -0.25) is 4.68 Å². The summed E-state index contributed by atoms with van der Waals surface area (Å²) in [6.07, 6.45) is 5.97. The second kappa shape index (κ2) is 5.63. The van der Waals surface area contributed by atoms with Crippen LogP contribution < -0.4 is 0 Å². The molecule has 0 aromatic carbocycles. The Kier molecular flexibility index (Phi) is 4.31. The van der Waals surface area contributed by atoms with Crippen molar-refractivity contribution in [1.82, 2.24) is 14.7 Å². The minimum Gasteiger partial charge on any atom is -0.391 e. The third kappa shape index (κ3) is 2.70. The fourth-order valence-electron chi connectivity index (χ4n) is 3.39. The Morgan fingerprint density at radius 3 is 2.53 bits per heavy atom. The van der Waals surface area contributed by atoms with E-state index >= 15 is 0 Å². The Balaban J connectivity index is 2.14. The highest BCUT2D eigenvalue weighted by Gasteiger charge is 2.42. The Morgan fingerprint density at radius 2 is 2.05 bits per heavy atom. The number of aliphatic hydroxyl groups is 1. The maximum absolute atomic E-state index is 10.7. The first kappa shape index (κ1) is 14.5. The molecule has 108 valence electrons. The molecule has 2 rings (SSSR count). The van der Waals surface area contributed by atoms with Crippen molar-refractivity contribution in [2.75, 3.05) is 14.1 Å². The number of hydrogen-bond acceptors (Lipinski definition) is 3. The van der Waals surface area contributed by atoms with Gasteiger partial charge in [-0.05, 0) is 39.4 Å². The lowest BCUT2D eigenvalue weighted by Gasteiger charge is -2.40. The number of aliphatic hydroxyl groups excluding tert-OH is 1. The molecule has 4 heteroatoms. The predicted molar refractivity (Wildman–Crippen MR) is 77.2 cm³/mol. The molecular formula is C15H27N3O. The number of rotatable bonds is 5. The average molecular weight is 265 g/mol. The van der Waals surface area contributed by atoms with E-state index in [1.807, 2.05) is 11.7 Å². The zero-order chi connectivity index (χ0) is 14.0.